The Morgan fingerprint density at radius 2 is 2.07 bits per heavy atom. The van der Waals surface area contributed by atoms with E-state index < -0.39 is 29.3 Å². The zero-order valence-corrected chi connectivity index (χ0v) is 15.4. The van der Waals surface area contributed by atoms with Gasteiger partial charge in [0.2, 0.25) is 5.78 Å². The smallest absolute Gasteiger partial charge is 0.290 e. The highest BCUT2D eigenvalue weighted by Gasteiger charge is 2.46. The molecule has 2 atom stereocenters. The minimum atomic E-state index is -1.05. The number of carbonyl (C=O) groups is 2. The molecule has 2 aliphatic heterocycles. The standard InChI is InChI=1S/C21H20FNO5/c1-12-8-9-16(28-12)19(24)17-18(14-6-2-3-7-15(14)22)23(21(26)20(17)25)11-13-5-4-10-27-13/h2-3,6-9,13,18,25H,4-5,10-11H2,1H3/t13-,18+/m1/s1. The van der Waals surface area contributed by atoms with Crippen molar-refractivity contribution in [2.45, 2.75) is 31.9 Å². The lowest BCUT2D eigenvalue weighted by Crippen LogP contribution is -2.37. The maximum absolute atomic E-state index is 14.6. The maximum atomic E-state index is 14.6. The van der Waals surface area contributed by atoms with Gasteiger partial charge < -0.3 is 19.2 Å². The normalized spacial score (nSPS) is 22.4. The van der Waals surface area contributed by atoms with Crippen LogP contribution in [0.2, 0.25) is 0 Å². The topological polar surface area (TPSA) is 80.0 Å². The second-order valence-electron chi connectivity index (χ2n) is 7.02. The molecule has 4 rings (SSSR count). The molecule has 0 bridgehead atoms. The largest absolute Gasteiger partial charge is 0.503 e. The molecule has 1 saturated heterocycles. The van der Waals surface area contributed by atoms with E-state index in [0.29, 0.717) is 12.4 Å². The van der Waals surface area contributed by atoms with Gasteiger partial charge >= 0.3 is 0 Å². The maximum Gasteiger partial charge on any atom is 0.290 e. The Kier molecular flexibility index (Phi) is 4.77. The van der Waals surface area contributed by atoms with Crippen molar-refractivity contribution in [1.82, 2.24) is 4.90 Å². The predicted molar refractivity (Wildman–Crippen MR) is 97.3 cm³/mol. The monoisotopic (exact) mass is 385 g/mol. The number of aryl methyl sites for hydroxylation is 1. The zero-order chi connectivity index (χ0) is 19.8. The summed E-state index contributed by atoms with van der Waals surface area (Å²) in [5.74, 6) is -2.07. The van der Waals surface area contributed by atoms with Crippen LogP contribution in [0.5, 0.6) is 0 Å². The van der Waals surface area contributed by atoms with Gasteiger partial charge in [-0.05, 0) is 38.0 Å². The highest BCUT2D eigenvalue weighted by molar-refractivity contribution is 6.15. The van der Waals surface area contributed by atoms with E-state index in [1.165, 1.54) is 29.2 Å². The number of benzene rings is 1. The molecule has 0 radical (unpaired) electrons. The Bertz CT molecular complexity index is 957. The number of halogens is 1. The Morgan fingerprint density at radius 1 is 1.29 bits per heavy atom. The van der Waals surface area contributed by atoms with Crippen molar-refractivity contribution in [3.05, 3.63) is 70.6 Å². The number of carbonyl (C=O) groups excluding carboxylic acids is 2. The third-order valence-electron chi connectivity index (χ3n) is 5.14. The van der Waals surface area contributed by atoms with Gasteiger partial charge in [0.05, 0.1) is 17.7 Å². The highest BCUT2D eigenvalue weighted by atomic mass is 19.1. The molecule has 6 nitrogen and oxygen atoms in total. The molecule has 1 fully saturated rings. The van der Waals surface area contributed by atoms with Crippen molar-refractivity contribution in [3.63, 3.8) is 0 Å². The van der Waals surface area contributed by atoms with Crippen molar-refractivity contribution in [1.29, 1.82) is 0 Å². The highest BCUT2D eigenvalue weighted by Crippen LogP contribution is 2.40. The number of amides is 1. The Morgan fingerprint density at radius 3 is 2.71 bits per heavy atom. The van der Waals surface area contributed by atoms with Gasteiger partial charge in [0.15, 0.2) is 11.5 Å². The molecule has 1 aromatic heterocycles. The Labute approximate surface area is 161 Å². The molecule has 0 unspecified atom stereocenters. The van der Waals surface area contributed by atoms with E-state index in [-0.39, 0.29) is 29.5 Å². The molecule has 3 heterocycles. The van der Waals surface area contributed by atoms with Gasteiger partial charge in [0, 0.05) is 18.7 Å². The van der Waals surface area contributed by atoms with Gasteiger partial charge in [0.25, 0.3) is 5.91 Å². The molecular weight excluding hydrogens is 365 g/mol. The lowest BCUT2D eigenvalue weighted by Gasteiger charge is -2.29. The molecule has 2 aliphatic rings. The molecule has 7 heteroatoms. The van der Waals surface area contributed by atoms with Crippen LogP contribution < -0.4 is 0 Å². The first-order valence-electron chi connectivity index (χ1n) is 9.18. The number of Topliss-reactive ketones (excluding diaryl/α,β-unsaturated/α-hetero) is 1. The molecule has 1 amide bonds. The number of aliphatic hydroxyl groups excluding tert-OH is 1. The fourth-order valence-electron chi connectivity index (χ4n) is 3.79. The molecule has 28 heavy (non-hydrogen) atoms. The Balaban J connectivity index is 1.78. The first-order chi connectivity index (χ1) is 13.5. The summed E-state index contributed by atoms with van der Waals surface area (Å²) < 4.78 is 25.6. The third kappa shape index (κ3) is 3.11. The van der Waals surface area contributed by atoms with Crippen LogP contribution in [-0.2, 0) is 9.53 Å². The molecule has 0 spiro atoms. The predicted octanol–water partition coefficient (Wildman–Crippen LogP) is 3.48. The first-order valence-corrected chi connectivity index (χ1v) is 9.18. The summed E-state index contributed by atoms with van der Waals surface area (Å²) in [5, 5.41) is 10.5. The van der Waals surface area contributed by atoms with Crippen LogP contribution >= 0.6 is 0 Å². The minimum Gasteiger partial charge on any atom is -0.503 e. The molecule has 1 aromatic carbocycles. The minimum absolute atomic E-state index is 0.00726. The van der Waals surface area contributed by atoms with Gasteiger partial charge in [-0.3, -0.25) is 9.59 Å². The number of ketones is 1. The van der Waals surface area contributed by atoms with Gasteiger partial charge in [-0.15, -0.1) is 0 Å². The second kappa shape index (κ2) is 7.24. The first kappa shape index (κ1) is 18.4. The summed E-state index contributed by atoms with van der Waals surface area (Å²) in [6.07, 6.45) is 1.41. The fraction of sp³-hybridized carbons (Fsp3) is 0.333. The average Bonchev–Trinajstić information content (AvgIpc) is 3.39. The van der Waals surface area contributed by atoms with E-state index in [9.17, 15) is 19.1 Å². The number of nitrogens with zero attached hydrogens (tertiary/aromatic N) is 1. The third-order valence-corrected chi connectivity index (χ3v) is 5.14. The molecule has 0 aliphatic carbocycles. The average molecular weight is 385 g/mol. The molecule has 146 valence electrons. The summed E-state index contributed by atoms with van der Waals surface area (Å²) in [6, 6.07) is 7.97. The van der Waals surface area contributed by atoms with Gasteiger partial charge in [-0.25, -0.2) is 4.39 Å². The second-order valence-corrected chi connectivity index (χ2v) is 7.02. The summed E-state index contributed by atoms with van der Waals surface area (Å²) in [5.41, 5.74) is -0.0352. The number of aliphatic hydroxyl groups is 1. The van der Waals surface area contributed by atoms with E-state index in [1.54, 1.807) is 19.1 Å². The van der Waals surface area contributed by atoms with Crippen molar-refractivity contribution in [2.75, 3.05) is 13.2 Å². The van der Waals surface area contributed by atoms with Gasteiger partial charge in [-0.1, -0.05) is 18.2 Å². The van der Waals surface area contributed by atoms with Crippen molar-refractivity contribution < 1.29 is 28.2 Å². The van der Waals surface area contributed by atoms with Crippen LogP contribution in [0.4, 0.5) is 4.39 Å². The molecule has 0 saturated carbocycles. The van der Waals surface area contributed by atoms with Crippen molar-refractivity contribution in [2.24, 2.45) is 0 Å². The summed E-state index contributed by atoms with van der Waals surface area (Å²) in [7, 11) is 0. The lowest BCUT2D eigenvalue weighted by molar-refractivity contribution is -0.131. The SMILES string of the molecule is Cc1ccc(C(=O)C2=C(O)C(=O)N(C[C@H]3CCCO3)[C@H]2c2ccccc2F)o1. The molecule has 1 N–H and O–H groups in total. The summed E-state index contributed by atoms with van der Waals surface area (Å²) >= 11 is 0. The number of hydrogen-bond donors (Lipinski definition) is 1. The van der Waals surface area contributed by atoms with Crippen LogP contribution in [0.1, 0.15) is 40.8 Å². The van der Waals surface area contributed by atoms with E-state index in [1.807, 2.05) is 0 Å². The fourth-order valence-corrected chi connectivity index (χ4v) is 3.79. The van der Waals surface area contributed by atoms with Crippen LogP contribution in [0.25, 0.3) is 0 Å². The molecule has 2 aromatic rings. The molecular formula is C21H20FNO5. The lowest BCUT2D eigenvalue weighted by atomic mass is 9.94. The summed E-state index contributed by atoms with van der Waals surface area (Å²) in [6.45, 7) is 2.44. The van der Waals surface area contributed by atoms with Crippen LogP contribution in [-0.4, -0.2) is 41.0 Å². The Hall–Kier alpha value is -2.93. The summed E-state index contributed by atoms with van der Waals surface area (Å²) in [4.78, 5) is 27.2. The number of hydrogen-bond acceptors (Lipinski definition) is 5. The number of rotatable bonds is 5. The van der Waals surface area contributed by atoms with E-state index in [2.05, 4.69) is 0 Å². The van der Waals surface area contributed by atoms with Crippen molar-refractivity contribution in [3.8, 4) is 0 Å². The quantitative estimate of drug-likeness (QED) is 0.797. The van der Waals surface area contributed by atoms with E-state index in [4.69, 9.17) is 9.15 Å². The van der Waals surface area contributed by atoms with Gasteiger partial charge in [-0.2, -0.15) is 0 Å². The van der Waals surface area contributed by atoms with E-state index in [0.717, 1.165) is 12.8 Å². The van der Waals surface area contributed by atoms with Gasteiger partial charge in [0.1, 0.15) is 11.6 Å². The number of furan rings is 1. The van der Waals surface area contributed by atoms with Crippen molar-refractivity contribution >= 4 is 11.7 Å². The van der Waals surface area contributed by atoms with E-state index >= 15 is 0 Å². The number of ether oxygens (including phenoxy) is 1. The van der Waals surface area contributed by atoms with Crippen LogP contribution in [0, 0.1) is 12.7 Å². The van der Waals surface area contributed by atoms with Crippen LogP contribution in [0.15, 0.2) is 52.1 Å². The zero-order valence-electron chi connectivity index (χ0n) is 15.4. The van der Waals surface area contributed by atoms with Crippen LogP contribution in [0.3, 0.4) is 0 Å².